The molecular weight excluding hydrogens is 315 g/mol. The number of oxime groups is 1. The molecule has 1 aliphatic rings. The predicted octanol–water partition coefficient (Wildman–Crippen LogP) is 2.64. The maximum Gasteiger partial charge on any atom is 0.264 e. The lowest BCUT2D eigenvalue weighted by molar-refractivity contribution is -0.132. The van der Waals surface area contributed by atoms with Crippen LogP contribution in [0.15, 0.2) is 23.4 Å². The summed E-state index contributed by atoms with van der Waals surface area (Å²) in [6, 6.07) is 5.11. The zero-order valence-electron chi connectivity index (χ0n) is 11.7. The maximum absolute atomic E-state index is 12.0. The first-order valence-corrected chi connectivity index (χ1v) is 7.24. The molecule has 2 rings (SSSR count). The molecule has 0 bridgehead atoms. The van der Waals surface area contributed by atoms with Gasteiger partial charge < -0.3 is 14.9 Å². The van der Waals surface area contributed by atoms with Gasteiger partial charge in [-0.3, -0.25) is 4.79 Å². The number of carbonyl (C=O) groups is 1. The monoisotopic (exact) mass is 330 g/mol. The van der Waals surface area contributed by atoms with Gasteiger partial charge in [-0.25, -0.2) is 0 Å². The predicted molar refractivity (Wildman–Crippen MR) is 82.0 cm³/mol. The first kappa shape index (κ1) is 16.1. The molecule has 5 nitrogen and oxygen atoms in total. The van der Waals surface area contributed by atoms with Crippen LogP contribution in [0.3, 0.4) is 0 Å². The zero-order chi connectivity index (χ0) is 15.4. The molecule has 21 heavy (non-hydrogen) atoms. The van der Waals surface area contributed by atoms with E-state index in [0.29, 0.717) is 28.8 Å². The van der Waals surface area contributed by atoms with Crippen LogP contribution >= 0.6 is 23.2 Å². The van der Waals surface area contributed by atoms with Crippen LogP contribution in [-0.2, 0) is 14.4 Å². The Balaban J connectivity index is 1.96. The minimum Gasteiger partial charge on any atom is -0.383 e. The van der Waals surface area contributed by atoms with Gasteiger partial charge in [-0.15, -0.1) is 0 Å². The van der Waals surface area contributed by atoms with Gasteiger partial charge in [0.2, 0.25) is 6.10 Å². The van der Waals surface area contributed by atoms with Crippen molar-refractivity contribution in [1.29, 1.82) is 0 Å². The van der Waals surface area contributed by atoms with E-state index in [1.54, 1.807) is 25.3 Å². The summed E-state index contributed by atoms with van der Waals surface area (Å²) in [7, 11) is 1.58. The summed E-state index contributed by atoms with van der Waals surface area (Å²) >= 11 is 11.8. The molecular formula is C14H16Cl2N2O3. The number of rotatable bonds is 5. The summed E-state index contributed by atoms with van der Waals surface area (Å²) in [6.07, 6.45) is -0.238. The van der Waals surface area contributed by atoms with Gasteiger partial charge in [-0.2, -0.15) is 0 Å². The van der Waals surface area contributed by atoms with Gasteiger partial charge >= 0.3 is 0 Å². The fourth-order valence-corrected chi connectivity index (χ4v) is 2.29. The average Bonchev–Trinajstić information content (AvgIpc) is 2.92. The van der Waals surface area contributed by atoms with E-state index in [1.165, 1.54) is 0 Å². The van der Waals surface area contributed by atoms with Crippen molar-refractivity contribution in [3.8, 4) is 0 Å². The molecule has 1 amide bonds. The molecule has 114 valence electrons. The zero-order valence-corrected chi connectivity index (χ0v) is 13.2. The summed E-state index contributed by atoms with van der Waals surface area (Å²) in [5.74, 6) is -0.210. The Morgan fingerprint density at radius 1 is 1.52 bits per heavy atom. The number of hydrogen-bond donors (Lipinski definition) is 1. The first-order valence-electron chi connectivity index (χ1n) is 6.48. The van der Waals surface area contributed by atoms with Gasteiger partial charge in [-0.05, 0) is 19.1 Å². The molecule has 0 spiro atoms. The standard InChI is InChI=1S/C14H16Cl2N2O3/c1-8(7-20-2)17-14(19)13-6-12(18-21-13)9-3-4-10(15)11(16)5-9/h3-5,8,13H,6-7H2,1-2H3,(H,17,19)/t8-,13-/m0/s1. The summed E-state index contributed by atoms with van der Waals surface area (Å²) < 4.78 is 4.97. The smallest absolute Gasteiger partial charge is 0.264 e. The van der Waals surface area contributed by atoms with Gasteiger partial charge in [0.1, 0.15) is 0 Å². The van der Waals surface area contributed by atoms with Crippen LogP contribution in [0, 0.1) is 0 Å². The molecule has 0 saturated carbocycles. The van der Waals surface area contributed by atoms with Crippen molar-refractivity contribution < 1.29 is 14.4 Å². The summed E-state index contributed by atoms with van der Waals surface area (Å²) in [4.78, 5) is 17.2. The van der Waals surface area contributed by atoms with Crippen molar-refractivity contribution in [2.45, 2.75) is 25.5 Å². The highest BCUT2D eigenvalue weighted by Crippen LogP contribution is 2.25. The molecule has 0 unspecified atom stereocenters. The van der Waals surface area contributed by atoms with E-state index in [-0.39, 0.29) is 11.9 Å². The number of nitrogens with one attached hydrogen (secondary N) is 1. The van der Waals surface area contributed by atoms with E-state index in [2.05, 4.69) is 10.5 Å². The van der Waals surface area contributed by atoms with Gasteiger partial charge in [0, 0.05) is 25.1 Å². The minimum absolute atomic E-state index is 0.0832. The number of amides is 1. The Morgan fingerprint density at radius 2 is 2.29 bits per heavy atom. The number of hydrogen-bond acceptors (Lipinski definition) is 4. The van der Waals surface area contributed by atoms with Gasteiger partial charge in [0.05, 0.1) is 22.4 Å². The van der Waals surface area contributed by atoms with Crippen LogP contribution in [0.2, 0.25) is 10.0 Å². The van der Waals surface area contributed by atoms with Crippen LogP contribution in [0.4, 0.5) is 0 Å². The summed E-state index contributed by atoms with van der Waals surface area (Å²) in [6.45, 7) is 2.30. The minimum atomic E-state index is -0.631. The summed E-state index contributed by atoms with van der Waals surface area (Å²) in [5, 5.41) is 7.68. The molecule has 0 radical (unpaired) electrons. The van der Waals surface area contributed by atoms with E-state index in [9.17, 15) is 4.79 Å². The van der Waals surface area contributed by atoms with Crippen LogP contribution in [0.5, 0.6) is 0 Å². The van der Waals surface area contributed by atoms with E-state index < -0.39 is 6.10 Å². The second-order valence-electron chi connectivity index (χ2n) is 4.83. The number of carbonyl (C=O) groups excluding carboxylic acids is 1. The maximum atomic E-state index is 12.0. The SMILES string of the molecule is COC[C@H](C)NC(=O)[C@@H]1CC(c2ccc(Cl)c(Cl)c2)=NO1. The molecule has 1 aromatic rings. The third kappa shape index (κ3) is 4.09. The Kier molecular flexibility index (Phi) is 5.45. The number of halogens is 2. The fraction of sp³-hybridized carbons (Fsp3) is 0.429. The second kappa shape index (κ2) is 7.11. The molecule has 1 aliphatic heterocycles. The Bertz CT molecular complexity index is 563. The van der Waals surface area contributed by atoms with Crippen LogP contribution < -0.4 is 5.32 Å². The molecule has 0 saturated heterocycles. The number of benzene rings is 1. The number of ether oxygens (including phenoxy) is 1. The van der Waals surface area contributed by atoms with Crippen LogP contribution in [0.1, 0.15) is 18.9 Å². The van der Waals surface area contributed by atoms with E-state index in [4.69, 9.17) is 32.8 Å². The van der Waals surface area contributed by atoms with Crippen LogP contribution in [0.25, 0.3) is 0 Å². The highest BCUT2D eigenvalue weighted by molar-refractivity contribution is 6.42. The lowest BCUT2D eigenvalue weighted by Crippen LogP contribution is -2.42. The number of methoxy groups -OCH3 is 1. The number of nitrogens with zero attached hydrogens (tertiary/aromatic N) is 1. The molecule has 7 heteroatoms. The molecule has 2 atom stereocenters. The van der Waals surface area contributed by atoms with Gasteiger partial charge in [0.25, 0.3) is 5.91 Å². The van der Waals surface area contributed by atoms with Gasteiger partial charge in [-0.1, -0.05) is 34.4 Å². The lowest BCUT2D eigenvalue weighted by atomic mass is 10.0. The molecule has 0 aromatic heterocycles. The topological polar surface area (TPSA) is 59.9 Å². The third-order valence-electron chi connectivity index (χ3n) is 3.02. The quantitative estimate of drug-likeness (QED) is 0.902. The molecule has 1 heterocycles. The van der Waals surface area contributed by atoms with Crippen molar-refractivity contribution in [1.82, 2.24) is 5.32 Å². The molecule has 0 fully saturated rings. The molecule has 0 aliphatic carbocycles. The molecule has 1 aromatic carbocycles. The average molecular weight is 331 g/mol. The highest BCUT2D eigenvalue weighted by Gasteiger charge is 2.29. The highest BCUT2D eigenvalue weighted by atomic mass is 35.5. The normalized spacial score (nSPS) is 18.9. The van der Waals surface area contributed by atoms with Crippen molar-refractivity contribution in [2.24, 2.45) is 5.16 Å². The lowest BCUT2D eigenvalue weighted by Gasteiger charge is -2.15. The molecule has 1 N–H and O–H groups in total. The van der Waals surface area contributed by atoms with Crippen LogP contribution in [-0.4, -0.2) is 37.5 Å². The first-order chi connectivity index (χ1) is 10.0. The Labute approximate surface area is 133 Å². The second-order valence-corrected chi connectivity index (χ2v) is 5.64. The summed E-state index contributed by atoms with van der Waals surface area (Å²) in [5.41, 5.74) is 1.47. The Morgan fingerprint density at radius 3 is 2.95 bits per heavy atom. The van der Waals surface area contributed by atoms with Crippen molar-refractivity contribution in [3.63, 3.8) is 0 Å². The van der Waals surface area contributed by atoms with Crippen molar-refractivity contribution in [2.75, 3.05) is 13.7 Å². The van der Waals surface area contributed by atoms with E-state index in [1.807, 2.05) is 6.92 Å². The van der Waals surface area contributed by atoms with E-state index >= 15 is 0 Å². The van der Waals surface area contributed by atoms with Crippen molar-refractivity contribution in [3.05, 3.63) is 33.8 Å². The van der Waals surface area contributed by atoms with Gasteiger partial charge in [0.15, 0.2) is 0 Å². The Hall–Kier alpha value is -1.30. The fourth-order valence-electron chi connectivity index (χ4n) is 1.99. The largest absolute Gasteiger partial charge is 0.383 e. The third-order valence-corrected chi connectivity index (χ3v) is 3.76. The van der Waals surface area contributed by atoms with Crippen molar-refractivity contribution >= 4 is 34.8 Å². The van der Waals surface area contributed by atoms with E-state index in [0.717, 1.165) is 5.56 Å².